The van der Waals surface area contributed by atoms with E-state index in [4.69, 9.17) is 15.2 Å². The molecular weight excluding hydrogens is 342 g/mol. The number of hydrogen-bond acceptors (Lipinski definition) is 5. The number of likely N-dealkylation sites (tertiary alicyclic amines) is 1. The molecule has 0 saturated carbocycles. The van der Waals surface area contributed by atoms with Gasteiger partial charge < -0.3 is 20.1 Å². The van der Waals surface area contributed by atoms with Crippen LogP contribution in [0.25, 0.3) is 0 Å². The van der Waals surface area contributed by atoms with Crippen LogP contribution in [-0.2, 0) is 4.79 Å². The molecule has 3 rings (SSSR count). The van der Waals surface area contributed by atoms with Crippen molar-refractivity contribution in [2.45, 2.75) is 31.2 Å². The van der Waals surface area contributed by atoms with E-state index in [9.17, 15) is 4.79 Å². The summed E-state index contributed by atoms with van der Waals surface area (Å²) in [5, 5.41) is 0. The van der Waals surface area contributed by atoms with Crippen molar-refractivity contribution in [3.63, 3.8) is 0 Å². The Hall–Kier alpha value is -2.60. The lowest BCUT2D eigenvalue weighted by Crippen LogP contribution is -2.39. The first-order valence-corrected chi connectivity index (χ1v) is 9.27. The number of nitrogens with zero attached hydrogens (tertiary/aromatic N) is 2. The lowest BCUT2D eigenvalue weighted by Gasteiger charge is -2.33. The summed E-state index contributed by atoms with van der Waals surface area (Å²) in [6, 6.07) is 9.31. The van der Waals surface area contributed by atoms with Crippen LogP contribution in [0, 0.1) is 0 Å². The predicted molar refractivity (Wildman–Crippen MR) is 104 cm³/mol. The third kappa shape index (κ3) is 4.57. The van der Waals surface area contributed by atoms with Crippen molar-refractivity contribution in [3.05, 3.63) is 53.9 Å². The van der Waals surface area contributed by atoms with Gasteiger partial charge in [0.2, 0.25) is 5.91 Å². The Morgan fingerprint density at radius 1 is 1.15 bits per heavy atom. The average Bonchev–Trinajstić information content (AvgIpc) is 2.73. The highest BCUT2D eigenvalue weighted by molar-refractivity contribution is 5.77. The minimum atomic E-state index is -0.366. The normalized spacial score (nSPS) is 16.0. The lowest BCUT2D eigenvalue weighted by atomic mass is 9.90. The fraction of sp³-hybridized carbons (Fsp3) is 0.429. The number of carbonyl (C=O) groups excluding carboxylic acids is 1. The van der Waals surface area contributed by atoms with Gasteiger partial charge >= 0.3 is 0 Å². The van der Waals surface area contributed by atoms with Gasteiger partial charge in [-0.05, 0) is 54.2 Å². The first-order chi connectivity index (χ1) is 13.1. The molecule has 1 aliphatic rings. The Morgan fingerprint density at radius 2 is 1.81 bits per heavy atom. The number of benzene rings is 1. The molecule has 1 aromatic heterocycles. The zero-order chi connectivity index (χ0) is 19.2. The molecule has 27 heavy (non-hydrogen) atoms. The number of aromatic nitrogens is 1. The summed E-state index contributed by atoms with van der Waals surface area (Å²) in [5.41, 5.74) is 8.46. The van der Waals surface area contributed by atoms with E-state index in [1.807, 2.05) is 35.5 Å². The van der Waals surface area contributed by atoms with Crippen molar-refractivity contribution in [2.75, 3.05) is 27.3 Å². The smallest absolute Gasteiger partial charge is 0.224 e. The van der Waals surface area contributed by atoms with E-state index in [-0.39, 0.29) is 18.4 Å². The van der Waals surface area contributed by atoms with E-state index < -0.39 is 0 Å². The highest BCUT2D eigenvalue weighted by Crippen LogP contribution is 2.31. The molecule has 6 nitrogen and oxygen atoms in total. The van der Waals surface area contributed by atoms with E-state index in [1.165, 1.54) is 5.56 Å². The second kappa shape index (κ2) is 8.86. The summed E-state index contributed by atoms with van der Waals surface area (Å²) in [5.74, 6) is 1.87. The molecule has 2 aromatic rings. The summed E-state index contributed by atoms with van der Waals surface area (Å²) in [6.07, 6.45) is 5.89. The Kier molecular flexibility index (Phi) is 6.29. The summed E-state index contributed by atoms with van der Waals surface area (Å²) in [6.45, 7) is 1.54. The van der Waals surface area contributed by atoms with Gasteiger partial charge in [0.25, 0.3) is 0 Å². The summed E-state index contributed by atoms with van der Waals surface area (Å²) in [4.78, 5) is 18.7. The maximum absolute atomic E-state index is 12.7. The van der Waals surface area contributed by atoms with Crippen LogP contribution in [0.1, 0.15) is 42.3 Å². The van der Waals surface area contributed by atoms with E-state index in [2.05, 4.69) is 17.1 Å². The highest BCUT2D eigenvalue weighted by atomic mass is 16.5. The van der Waals surface area contributed by atoms with Crippen LogP contribution in [0.2, 0.25) is 0 Å². The number of methoxy groups -OCH3 is 2. The Balaban J connectivity index is 1.56. The molecule has 0 spiro atoms. The van der Waals surface area contributed by atoms with Crippen LogP contribution >= 0.6 is 0 Å². The van der Waals surface area contributed by atoms with Crippen molar-refractivity contribution in [2.24, 2.45) is 5.73 Å². The monoisotopic (exact) mass is 369 g/mol. The molecule has 1 saturated heterocycles. The molecule has 1 amide bonds. The largest absolute Gasteiger partial charge is 0.493 e. The predicted octanol–water partition coefficient (Wildman–Crippen LogP) is 2.89. The number of carbonyl (C=O) groups is 1. The SMILES string of the molecule is COc1ccc(C(N)CC(=O)N2CCC(c3ccncc3)CC2)cc1OC. The number of rotatable bonds is 6. The summed E-state index contributed by atoms with van der Waals surface area (Å²) in [7, 11) is 3.18. The Morgan fingerprint density at radius 3 is 2.44 bits per heavy atom. The van der Waals surface area contributed by atoms with Gasteiger partial charge in [0, 0.05) is 37.9 Å². The number of nitrogens with two attached hydrogens (primary N) is 1. The molecular formula is C21H27N3O3. The van der Waals surface area contributed by atoms with Gasteiger partial charge in [0.1, 0.15) is 0 Å². The first-order valence-electron chi connectivity index (χ1n) is 9.27. The van der Waals surface area contributed by atoms with Gasteiger partial charge in [0.15, 0.2) is 11.5 Å². The maximum Gasteiger partial charge on any atom is 0.224 e. The quantitative estimate of drug-likeness (QED) is 0.847. The molecule has 1 fully saturated rings. The second-order valence-electron chi connectivity index (χ2n) is 6.86. The molecule has 1 aliphatic heterocycles. The van der Waals surface area contributed by atoms with E-state index >= 15 is 0 Å². The zero-order valence-corrected chi connectivity index (χ0v) is 15.9. The van der Waals surface area contributed by atoms with Crippen LogP contribution < -0.4 is 15.2 Å². The topological polar surface area (TPSA) is 77.7 Å². The summed E-state index contributed by atoms with van der Waals surface area (Å²) >= 11 is 0. The number of pyridine rings is 1. The molecule has 1 unspecified atom stereocenters. The molecule has 2 heterocycles. The van der Waals surface area contributed by atoms with Crippen LogP contribution in [0.4, 0.5) is 0 Å². The Labute approximate surface area is 160 Å². The molecule has 6 heteroatoms. The standard InChI is InChI=1S/C21H27N3O3/c1-26-19-4-3-17(13-20(19)27-2)18(22)14-21(25)24-11-7-16(8-12-24)15-5-9-23-10-6-15/h3-6,9-10,13,16,18H,7-8,11-12,14,22H2,1-2H3. The van der Waals surface area contributed by atoms with Gasteiger partial charge in [-0.3, -0.25) is 9.78 Å². The number of piperidine rings is 1. The molecule has 0 bridgehead atoms. The molecule has 1 aromatic carbocycles. The number of amides is 1. The van der Waals surface area contributed by atoms with E-state index in [0.717, 1.165) is 31.5 Å². The maximum atomic E-state index is 12.7. The minimum Gasteiger partial charge on any atom is -0.493 e. The average molecular weight is 369 g/mol. The van der Waals surface area contributed by atoms with Gasteiger partial charge in [0.05, 0.1) is 14.2 Å². The van der Waals surface area contributed by atoms with Gasteiger partial charge in [-0.1, -0.05) is 6.07 Å². The number of hydrogen-bond donors (Lipinski definition) is 1. The Bertz CT molecular complexity index is 759. The zero-order valence-electron chi connectivity index (χ0n) is 15.9. The van der Waals surface area contributed by atoms with Crippen LogP contribution in [-0.4, -0.2) is 43.1 Å². The van der Waals surface area contributed by atoms with Crippen LogP contribution in [0.3, 0.4) is 0 Å². The van der Waals surface area contributed by atoms with Crippen molar-refractivity contribution >= 4 is 5.91 Å². The van der Waals surface area contributed by atoms with Crippen molar-refractivity contribution < 1.29 is 14.3 Å². The molecule has 0 radical (unpaired) electrons. The van der Waals surface area contributed by atoms with Crippen molar-refractivity contribution in [1.82, 2.24) is 9.88 Å². The first kappa shape index (κ1) is 19.2. The fourth-order valence-electron chi connectivity index (χ4n) is 3.62. The second-order valence-corrected chi connectivity index (χ2v) is 6.86. The highest BCUT2D eigenvalue weighted by Gasteiger charge is 2.25. The van der Waals surface area contributed by atoms with Crippen LogP contribution in [0.15, 0.2) is 42.7 Å². The van der Waals surface area contributed by atoms with Gasteiger partial charge in [-0.2, -0.15) is 0 Å². The molecule has 1 atom stereocenters. The molecule has 144 valence electrons. The summed E-state index contributed by atoms with van der Waals surface area (Å²) < 4.78 is 10.6. The minimum absolute atomic E-state index is 0.102. The molecule has 2 N–H and O–H groups in total. The number of ether oxygens (including phenoxy) is 2. The van der Waals surface area contributed by atoms with E-state index in [0.29, 0.717) is 17.4 Å². The fourth-order valence-corrected chi connectivity index (χ4v) is 3.62. The van der Waals surface area contributed by atoms with Crippen LogP contribution in [0.5, 0.6) is 11.5 Å². The van der Waals surface area contributed by atoms with Gasteiger partial charge in [-0.25, -0.2) is 0 Å². The van der Waals surface area contributed by atoms with E-state index in [1.54, 1.807) is 14.2 Å². The third-order valence-electron chi connectivity index (χ3n) is 5.26. The third-order valence-corrected chi connectivity index (χ3v) is 5.26. The van der Waals surface area contributed by atoms with Crippen molar-refractivity contribution in [3.8, 4) is 11.5 Å². The molecule has 0 aliphatic carbocycles. The lowest BCUT2D eigenvalue weighted by molar-refractivity contribution is -0.132. The van der Waals surface area contributed by atoms with Gasteiger partial charge in [-0.15, -0.1) is 0 Å². The van der Waals surface area contributed by atoms with Crippen molar-refractivity contribution in [1.29, 1.82) is 0 Å².